The van der Waals surface area contributed by atoms with Gasteiger partial charge in [0.25, 0.3) is 0 Å². The van der Waals surface area contributed by atoms with Gasteiger partial charge in [-0.1, -0.05) is 26.3 Å². The second-order valence-corrected chi connectivity index (χ2v) is 5.01. The zero-order valence-corrected chi connectivity index (χ0v) is 10.2. The first-order chi connectivity index (χ1) is 7.72. The van der Waals surface area contributed by atoms with Crippen LogP contribution in [-0.2, 0) is 6.42 Å². The van der Waals surface area contributed by atoms with Crippen molar-refractivity contribution in [2.45, 2.75) is 51.6 Å². The quantitative estimate of drug-likeness (QED) is 0.844. The molecule has 0 radical (unpaired) electrons. The monoisotopic (exact) mass is 219 g/mol. The van der Waals surface area contributed by atoms with Crippen molar-refractivity contribution in [2.24, 2.45) is 5.92 Å². The average molecular weight is 219 g/mol. The first-order valence-corrected chi connectivity index (χ1v) is 6.34. The molecule has 2 nitrogen and oxygen atoms in total. The molecule has 1 N–H and O–H groups in total. The van der Waals surface area contributed by atoms with E-state index in [0.29, 0.717) is 5.92 Å². The Kier molecular flexibility index (Phi) is 3.59. The van der Waals surface area contributed by atoms with Gasteiger partial charge in [-0.05, 0) is 36.8 Å². The number of hydrogen-bond acceptors (Lipinski definition) is 2. The summed E-state index contributed by atoms with van der Waals surface area (Å²) in [6.07, 6.45) is 5.80. The molecule has 0 spiro atoms. The van der Waals surface area contributed by atoms with E-state index in [2.05, 4.69) is 24.9 Å². The highest BCUT2D eigenvalue weighted by molar-refractivity contribution is 5.29. The van der Waals surface area contributed by atoms with Crippen LogP contribution in [0.2, 0.25) is 0 Å². The van der Waals surface area contributed by atoms with Crippen molar-refractivity contribution in [1.29, 1.82) is 0 Å². The van der Waals surface area contributed by atoms with Gasteiger partial charge >= 0.3 is 0 Å². The minimum absolute atomic E-state index is 0.217. The molecule has 2 heteroatoms. The molecule has 0 fully saturated rings. The van der Waals surface area contributed by atoms with Gasteiger partial charge in [-0.2, -0.15) is 0 Å². The van der Waals surface area contributed by atoms with E-state index in [1.54, 1.807) is 0 Å². The third kappa shape index (κ3) is 2.27. The highest BCUT2D eigenvalue weighted by atomic mass is 16.3. The van der Waals surface area contributed by atoms with Gasteiger partial charge in [-0.3, -0.25) is 4.98 Å². The van der Waals surface area contributed by atoms with Gasteiger partial charge in [0.1, 0.15) is 0 Å². The summed E-state index contributed by atoms with van der Waals surface area (Å²) in [7, 11) is 0. The predicted molar refractivity (Wildman–Crippen MR) is 65.4 cm³/mol. The van der Waals surface area contributed by atoms with Crippen molar-refractivity contribution < 1.29 is 5.11 Å². The predicted octanol–water partition coefficient (Wildman–Crippen LogP) is 2.91. The van der Waals surface area contributed by atoms with Crippen LogP contribution in [0.3, 0.4) is 0 Å². The van der Waals surface area contributed by atoms with Gasteiger partial charge in [0.05, 0.1) is 6.10 Å². The Bertz CT molecular complexity index is 350. The summed E-state index contributed by atoms with van der Waals surface area (Å²) in [5, 5.41) is 10.3. The largest absolute Gasteiger partial charge is 0.392 e. The second-order valence-electron chi connectivity index (χ2n) is 5.01. The summed E-state index contributed by atoms with van der Waals surface area (Å²) < 4.78 is 0. The molecule has 0 saturated carbocycles. The van der Waals surface area contributed by atoms with E-state index in [-0.39, 0.29) is 12.0 Å². The molecule has 1 aromatic rings. The molecule has 0 amide bonds. The highest BCUT2D eigenvalue weighted by Crippen LogP contribution is 2.35. The second kappa shape index (κ2) is 4.96. The maximum atomic E-state index is 10.3. The molecule has 16 heavy (non-hydrogen) atoms. The zero-order chi connectivity index (χ0) is 11.5. The third-order valence-electron chi connectivity index (χ3n) is 3.81. The summed E-state index contributed by atoms with van der Waals surface area (Å²) in [5.74, 6) is 0.868. The first-order valence-electron chi connectivity index (χ1n) is 6.34. The average Bonchev–Trinajstić information content (AvgIpc) is 2.72. The Hall–Kier alpha value is -0.890. The molecule has 1 aliphatic rings. The standard InChI is InChI=1S/C14H21NO/c1-3-10(2)9-13(16)12-7-6-11-5-4-8-15-14(11)12/h4-5,8,10,12-13,16H,3,6-7,9H2,1-2H3. The number of pyridine rings is 1. The molecular weight excluding hydrogens is 198 g/mol. The fraction of sp³-hybridized carbons (Fsp3) is 0.643. The molecule has 3 atom stereocenters. The summed E-state index contributed by atoms with van der Waals surface area (Å²) in [5.41, 5.74) is 2.47. The molecular formula is C14H21NO. The Morgan fingerprint density at radius 2 is 2.38 bits per heavy atom. The number of nitrogens with zero attached hydrogens (tertiary/aromatic N) is 1. The highest BCUT2D eigenvalue weighted by Gasteiger charge is 2.30. The topological polar surface area (TPSA) is 33.1 Å². The van der Waals surface area contributed by atoms with E-state index in [4.69, 9.17) is 0 Å². The number of aromatic nitrogens is 1. The molecule has 0 aliphatic heterocycles. The van der Waals surface area contributed by atoms with Crippen LogP contribution in [0.15, 0.2) is 18.3 Å². The lowest BCUT2D eigenvalue weighted by Gasteiger charge is -2.21. The van der Waals surface area contributed by atoms with Crippen molar-refractivity contribution in [3.63, 3.8) is 0 Å². The lowest BCUT2D eigenvalue weighted by Crippen LogP contribution is -2.20. The van der Waals surface area contributed by atoms with Crippen molar-refractivity contribution >= 4 is 0 Å². The van der Waals surface area contributed by atoms with Crippen molar-refractivity contribution in [3.8, 4) is 0 Å². The van der Waals surface area contributed by atoms with Crippen LogP contribution < -0.4 is 0 Å². The fourth-order valence-corrected chi connectivity index (χ4v) is 2.56. The SMILES string of the molecule is CCC(C)CC(O)C1CCc2cccnc21. The van der Waals surface area contributed by atoms with Crippen molar-refractivity contribution in [1.82, 2.24) is 4.98 Å². The molecule has 3 unspecified atom stereocenters. The van der Waals surface area contributed by atoms with E-state index in [0.717, 1.165) is 31.4 Å². The first kappa shape index (κ1) is 11.6. The van der Waals surface area contributed by atoms with E-state index >= 15 is 0 Å². The van der Waals surface area contributed by atoms with Gasteiger partial charge in [0.15, 0.2) is 0 Å². The van der Waals surface area contributed by atoms with Crippen LogP contribution in [0.25, 0.3) is 0 Å². The lowest BCUT2D eigenvalue weighted by atomic mass is 9.91. The molecule has 0 saturated heterocycles. The van der Waals surface area contributed by atoms with E-state index in [9.17, 15) is 5.11 Å². The van der Waals surface area contributed by atoms with Gasteiger partial charge in [-0.25, -0.2) is 0 Å². The van der Waals surface area contributed by atoms with Crippen LogP contribution in [0.1, 0.15) is 50.3 Å². The number of rotatable bonds is 4. The lowest BCUT2D eigenvalue weighted by molar-refractivity contribution is 0.114. The van der Waals surface area contributed by atoms with Gasteiger partial charge in [0.2, 0.25) is 0 Å². The van der Waals surface area contributed by atoms with E-state index in [1.807, 2.05) is 12.3 Å². The van der Waals surface area contributed by atoms with Gasteiger partial charge < -0.3 is 5.11 Å². The van der Waals surface area contributed by atoms with Crippen molar-refractivity contribution in [3.05, 3.63) is 29.6 Å². The minimum atomic E-state index is -0.217. The Labute approximate surface area is 97.7 Å². The molecule has 1 aromatic heterocycles. The summed E-state index contributed by atoms with van der Waals surface area (Å²) >= 11 is 0. The summed E-state index contributed by atoms with van der Waals surface area (Å²) in [4.78, 5) is 4.43. The van der Waals surface area contributed by atoms with E-state index < -0.39 is 0 Å². The summed E-state index contributed by atoms with van der Waals surface area (Å²) in [6, 6.07) is 4.13. The molecule has 0 aromatic carbocycles. The van der Waals surface area contributed by atoms with Crippen LogP contribution in [0.4, 0.5) is 0 Å². The molecule has 2 rings (SSSR count). The molecule has 1 heterocycles. The number of aryl methyl sites for hydroxylation is 1. The number of aliphatic hydroxyl groups excluding tert-OH is 1. The normalized spacial score (nSPS) is 22.8. The Morgan fingerprint density at radius 3 is 3.12 bits per heavy atom. The number of aliphatic hydroxyl groups is 1. The number of fused-ring (bicyclic) bond motifs is 1. The minimum Gasteiger partial charge on any atom is -0.392 e. The van der Waals surface area contributed by atoms with E-state index in [1.165, 1.54) is 5.56 Å². The smallest absolute Gasteiger partial charge is 0.0626 e. The van der Waals surface area contributed by atoms with Gasteiger partial charge in [-0.15, -0.1) is 0 Å². The van der Waals surface area contributed by atoms with Gasteiger partial charge in [0, 0.05) is 17.8 Å². The van der Waals surface area contributed by atoms with Crippen LogP contribution in [-0.4, -0.2) is 16.2 Å². The fourth-order valence-electron chi connectivity index (χ4n) is 2.56. The molecule has 1 aliphatic carbocycles. The maximum Gasteiger partial charge on any atom is 0.0626 e. The Balaban J connectivity index is 2.07. The number of hydrogen-bond donors (Lipinski definition) is 1. The zero-order valence-electron chi connectivity index (χ0n) is 10.2. The molecule has 88 valence electrons. The van der Waals surface area contributed by atoms with Crippen LogP contribution in [0, 0.1) is 5.92 Å². The third-order valence-corrected chi connectivity index (χ3v) is 3.81. The van der Waals surface area contributed by atoms with Crippen molar-refractivity contribution in [2.75, 3.05) is 0 Å². The molecule has 0 bridgehead atoms. The van der Waals surface area contributed by atoms with Crippen LogP contribution in [0.5, 0.6) is 0 Å². The Morgan fingerprint density at radius 1 is 1.56 bits per heavy atom. The maximum absolute atomic E-state index is 10.3. The van der Waals surface area contributed by atoms with Crippen LogP contribution >= 0.6 is 0 Å². The summed E-state index contributed by atoms with van der Waals surface area (Å²) in [6.45, 7) is 4.38.